The van der Waals surface area contributed by atoms with Crippen LogP contribution in [0.4, 0.5) is 8.78 Å². The van der Waals surface area contributed by atoms with Crippen LogP contribution in [0.5, 0.6) is 0 Å². The van der Waals surface area contributed by atoms with Crippen molar-refractivity contribution in [3.05, 3.63) is 70.1 Å². The van der Waals surface area contributed by atoms with E-state index in [4.69, 9.17) is 11.1 Å². The van der Waals surface area contributed by atoms with Gasteiger partial charge in [0.25, 0.3) is 5.91 Å². The van der Waals surface area contributed by atoms with Crippen molar-refractivity contribution in [2.45, 2.75) is 25.4 Å². The number of likely N-dealkylation sites (tertiary alicyclic amines) is 1. The highest BCUT2D eigenvalue weighted by Gasteiger charge is 2.31. The molecule has 1 saturated heterocycles. The first-order valence-electron chi connectivity index (χ1n) is 8.99. The van der Waals surface area contributed by atoms with Crippen molar-refractivity contribution in [3.63, 3.8) is 0 Å². The Hall–Kier alpha value is -2.58. The number of nitrogens with two attached hydrogens (primary N) is 1. The quantitative estimate of drug-likeness (QED) is 0.585. The molecule has 5 nitrogen and oxygen atoms in total. The van der Waals surface area contributed by atoms with Crippen LogP contribution in [0, 0.1) is 17.0 Å². The molecule has 1 amide bonds. The fourth-order valence-electron chi connectivity index (χ4n) is 3.39. The van der Waals surface area contributed by atoms with E-state index in [9.17, 15) is 13.6 Å². The number of hydrogen-bond acceptors (Lipinski definition) is 5. The number of amides is 1. The molecule has 28 heavy (non-hydrogen) atoms. The third-order valence-electron chi connectivity index (χ3n) is 4.78. The van der Waals surface area contributed by atoms with Crippen LogP contribution < -0.4 is 5.73 Å². The molecule has 0 spiro atoms. The average molecular weight is 407 g/mol. The summed E-state index contributed by atoms with van der Waals surface area (Å²) in [5.74, 6) is -1.82. The molecule has 3 N–H and O–H groups in total. The smallest absolute Gasteiger partial charge is 0.269 e. The first-order chi connectivity index (χ1) is 13.5. The van der Waals surface area contributed by atoms with E-state index in [2.05, 4.69) is 4.90 Å². The Morgan fingerprint density at radius 2 is 2.07 bits per heavy atom. The Labute approximate surface area is 168 Å². The van der Waals surface area contributed by atoms with Gasteiger partial charge in [-0.25, -0.2) is 8.78 Å². The molecular formula is C20H24F2N4OS. The Balaban J connectivity index is 0.00000300. The molecule has 1 aliphatic rings. The van der Waals surface area contributed by atoms with E-state index in [0.29, 0.717) is 42.9 Å². The number of rotatable bonds is 5. The monoisotopic (exact) mass is 406 g/mol. The standard InChI is InChI=1S/C20H22F2N4OS.H2/c21-16-4-3-14(12-17(16)22)13-25-9-6-15(7-10-25)26(19(24)5-8-23)20(27)18-2-1-11-28-18;/h1-5,8,11-12,15,24H,6-7,9-10,13,23H2;1H/b8-5-,24-19?;. The zero-order valence-corrected chi connectivity index (χ0v) is 16.1. The van der Waals surface area contributed by atoms with Crippen LogP contribution in [-0.4, -0.2) is 40.7 Å². The van der Waals surface area contributed by atoms with E-state index >= 15 is 0 Å². The second-order valence-electron chi connectivity index (χ2n) is 6.65. The Bertz CT molecular complexity index is 867. The highest BCUT2D eigenvalue weighted by molar-refractivity contribution is 7.12. The summed E-state index contributed by atoms with van der Waals surface area (Å²) < 4.78 is 26.5. The molecule has 0 radical (unpaired) electrons. The van der Waals surface area contributed by atoms with Gasteiger partial charge in [0, 0.05) is 27.1 Å². The average Bonchev–Trinajstić information content (AvgIpc) is 3.21. The number of hydrogen-bond donors (Lipinski definition) is 2. The van der Waals surface area contributed by atoms with Crippen LogP contribution in [0.2, 0.25) is 0 Å². The predicted molar refractivity (Wildman–Crippen MR) is 108 cm³/mol. The number of amidine groups is 1. The molecule has 0 bridgehead atoms. The van der Waals surface area contributed by atoms with Gasteiger partial charge in [-0.15, -0.1) is 11.3 Å². The molecule has 150 valence electrons. The van der Waals surface area contributed by atoms with Gasteiger partial charge in [0.2, 0.25) is 0 Å². The molecule has 0 atom stereocenters. The van der Waals surface area contributed by atoms with Crippen LogP contribution in [-0.2, 0) is 6.54 Å². The summed E-state index contributed by atoms with van der Waals surface area (Å²) >= 11 is 1.34. The van der Waals surface area contributed by atoms with E-state index in [1.165, 1.54) is 34.6 Å². The molecule has 3 rings (SSSR count). The van der Waals surface area contributed by atoms with E-state index in [1.54, 1.807) is 12.1 Å². The first-order valence-corrected chi connectivity index (χ1v) is 9.87. The van der Waals surface area contributed by atoms with Crippen LogP contribution >= 0.6 is 11.3 Å². The summed E-state index contributed by atoms with van der Waals surface area (Å²) in [6, 6.07) is 7.38. The van der Waals surface area contributed by atoms with Gasteiger partial charge >= 0.3 is 0 Å². The summed E-state index contributed by atoms with van der Waals surface area (Å²) in [6.45, 7) is 1.90. The van der Waals surface area contributed by atoms with Gasteiger partial charge in [-0.3, -0.25) is 20.0 Å². The molecule has 0 aliphatic carbocycles. The minimum atomic E-state index is -0.850. The van der Waals surface area contributed by atoms with Crippen molar-refractivity contribution in [1.82, 2.24) is 9.80 Å². The van der Waals surface area contributed by atoms with Gasteiger partial charge in [0.05, 0.1) is 4.88 Å². The van der Waals surface area contributed by atoms with E-state index in [-0.39, 0.29) is 19.2 Å². The molecule has 2 aromatic rings. The zero-order chi connectivity index (χ0) is 20.1. The summed E-state index contributed by atoms with van der Waals surface area (Å²) in [6.07, 6.45) is 4.04. The topological polar surface area (TPSA) is 73.4 Å². The van der Waals surface area contributed by atoms with Crippen molar-refractivity contribution in [2.75, 3.05) is 13.1 Å². The zero-order valence-electron chi connectivity index (χ0n) is 15.3. The van der Waals surface area contributed by atoms with Crippen LogP contribution in [0.25, 0.3) is 0 Å². The van der Waals surface area contributed by atoms with Crippen molar-refractivity contribution >= 4 is 23.1 Å². The lowest BCUT2D eigenvalue weighted by molar-refractivity contribution is 0.0734. The SMILES string of the molecule is N=C(/C=C\N)N(C(=O)c1cccs1)C1CCN(Cc2ccc(F)c(F)c2)CC1.[HH]. The van der Waals surface area contributed by atoms with Crippen molar-refractivity contribution in [2.24, 2.45) is 5.73 Å². The molecule has 1 aromatic carbocycles. The molecule has 1 aliphatic heterocycles. The van der Waals surface area contributed by atoms with Crippen LogP contribution in [0.3, 0.4) is 0 Å². The maximum Gasteiger partial charge on any atom is 0.269 e. The predicted octanol–water partition coefficient (Wildman–Crippen LogP) is 3.83. The minimum Gasteiger partial charge on any atom is -0.404 e. The largest absolute Gasteiger partial charge is 0.404 e. The number of benzene rings is 1. The van der Waals surface area contributed by atoms with Gasteiger partial charge in [-0.05, 0) is 54.3 Å². The van der Waals surface area contributed by atoms with Gasteiger partial charge in [-0.1, -0.05) is 12.1 Å². The number of nitrogens with one attached hydrogen (secondary N) is 1. The fourth-order valence-corrected chi connectivity index (χ4v) is 4.05. The van der Waals surface area contributed by atoms with Gasteiger partial charge in [-0.2, -0.15) is 0 Å². The second kappa shape index (κ2) is 9.07. The molecule has 0 unspecified atom stereocenters. The van der Waals surface area contributed by atoms with Crippen LogP contribution in [0.15, 0.2) is 48.0 Å². The maximum absolute atomic E-state index is 13.4. The molecule has 0 saturated carbocycles. The first kappa shape index (κ1) is 20.2. The van der Waals surface area contributed by atoms with Crippen LogP contribution in [0.1, 0.15) is 29.5 Å². The number of carbonyl (C=O) groups excluding carboxylic acids is 1. The number of piperidine rings is 1. The summed E-state index contributed by atoms with van der Waals surface area (Å²) in [4.78, 5) is 17.1. The molecular weight excluding hydrogens is 382 g/mol. The van der Waals surface area contributed by atoms with E-state index in [1.807, 2.05) is 11.4 Å². The molecule has 2 heterocycles. The fraction of sp³-hybridized carbons (Fsp3) is 0.300. The van der Waals surface area contributed by atoms with Gasteiger partial charge < -0.3 is 5.73 Å². The van der Waals surface area contributed by atoms with Crippen molar-refractivity contribution in [1.29, 1.82) is 5.41 Å². The summed E-state index contributed by atoms with van der Waals surface area (Å²) in [5, 5.41) is 10.1. The Morgan fingerprint density at radius 1 is 1.32 bits per heavy atom. The molecule has 1 fully saturated rings. The lowest BCUT2D eigenvalue weighted by atomic mass is 10.0. The highest BCUT2D eigenvalue weighted by Crippen LogP contribution is 2.23. The molecule has 8 heteroatoms. The Morgan fingerprint density at radius 3 is 2.68 bits per heavy atom. The summed E-state index contributed by atoms with van der Waals surface area (Å²) in [7, 11) is 0. The number of thiophene rings is 1. The number of carbonyl (C=O) groups is 1. The number of halogens is 2. The van der Waals surface area contributed by atoms with Gasteiger partial charge in [0.1, 0.15) is 5.84 Å². The van der Waals surface area contributed by atoms with E-state index < -0.39 is 11.6 Å². The lowest BCUT2D eigenvalue weighted by Crippen LogP contribution is -2.49. The minimum absolute atomic E-state index is 0. The third kappa shape index (κ3) is 4.63. The maximum atomic E-state index is 13.4. The highest BCUT2D eigenvalue weighted by atomic mass is 32.1. The molecule has 1 aromatic heterocycles. The van der Waals surface area contributed by atoms with Crippen molar-refractivity contribution in [3.8, 4) is 0 Å². The Kier molecular flexibility index (Phi) is 6.53. The summed E-state index contributed by atoms with van der Waals surface area (Å²) in [5.41, 5.74) is 6.13. The third-order valence-corrected chi connectivity index (χ3v) is 5.63. The number of nitrogens with zero attached hydrogens (tertiary/aromatic N) is 2. The van der Waals surface area contributed by atoms with E-state index in [0.717, 1.165) is 6.07 Å². The normalized spacial score (nSPS) is 15.8. The van der Waals surface area contributed by atoms with Gasteiger partial charge in [0.15, 0.2) is 11.6 Å². The second-order valence-corrected chi connectivity index (χ2v) is 7.60. The lowest BCUT2D eigenvalue weighted by Gasteiger charge is -2.38. The van der Waals surface area contributed by atoms with Crippen molar-refractivity contribution < 1.29 is 15.0 Å².